The number of methoxy groups -OCH3 is 2. The first-order valence-corrected chi connectivity index (χ1v) is 13.2. The topological polar surface area (TPSA) is 131 Å². The maximum Gasteiger partial charge on any atom is 0.409 e. The van der Waals surface area contributed by atoms with Gasteiger partial charge in [-0.3, -0.25) is 9.52 Å². The van der Waals surface area contributed by atoms with Gasteiger partial charge >= 0.3 is 12.1 Å². The van der Waals surface area contributed by atoms with Gasteiger partial charge in [0.25, 0.3) is 15.9 Å². The van der Waals surface area contributed by atoms with Crippen molar-refractivity contribution in [1.82, 2.24) is 4.90 Å². The van der Waals surface area contributed by atoms with E-state index in [2.05, 4.69) is 10.0 Å². The van der Waals surface area contributed by atoms with E-state index in [1.165, 1.54) is 31.3 Å². The first-order valence-electron chi connectivity index (χ1n) is 10.9. The number of halogens is 1. The quantitative estimate of drug-likeness (QED) is 0.448. The zero-order valence-corrected chi connectivity index (χ0v) is 21.4. The molecule has 1 aromatic heterocycles. The van der Waals surface area contributed by atoms with Crippen LogP contribution in [0.15, 0.2) is 53.4 Å². The molecule has 0 fully saturated rings. The molecule has 0 spiro atoms. The number of sulfonamides is 1. The number of benzene rings is 2. The molecule has 2 amide bonds. The van der Waals surface area contributed by atoms with Crippen molar-refractivity contribution in [3.05, 3.63) is 75.9 Å². The zero-order chi connectivity index (χ0) is 26.7. The molecular formula is C24H22FN3O7S2. The molecule has 0 bridgehead atoms. The van der Waals surface area contributed by atoms with Crippen LogP contribution in [0.25, 0.3) is 0 Å². The van der Waals surface area contributed by atoms with E-state index in [9.17, 15) is 27.2 Å². The van der Waals surface area contributed by atoms with E-state index in [0.717, 1.165) is 35.6 Å². The smallest absolute Gasteiger partial charge is 0.409 e. The molecule has 37 heavy (non-hydrogen) atoms. The fourth-order valence-electron chi connectivity index (χ4n) is 3.85. The summed E-state index contributed by atoms with van der Waals surface area (Å²) >= 11 is 1.12. The van der Waals surface area contributed by atoms with E-state index >= 15 is 0 Å². The summed E-state index contributed by atoms with van der Waals surface area (Å²) < 4.78 is 50.9. The van der Waals surface area contributed by atoms with Crippen molar-refractivity contribution < 1.29 is 36.7 Å². The first-order chi connectivity index (χ1) is 17.6. The molecule has 3 aromatic rings. The van der Waals surface area contributed by atoms with E-state index in [0.29, 0.717) is 23.4 Å². The Balaban J connectivity index is 1.64. The molecule has 0 saturated heterocycles. The van der Waals surface area contributed by atoms with Crippen molar-refractivity contribution in [3.63, 3.8) is 0 Å². The minimum Gasteiger partial charge on any atom is -0.465 e. The number of anilines is 2. The largest absolute Gasteiger partial charge is 0.465 e. The van der Waals surface area contributed by atoms with Crippen LogP contribution in [0.1, 0.15) is 31.2 Å². The number of amides is 2. The highest BCUT2D eigenvalue weighted by molar-refractivity contribution is 7.92. The van der Waals surface area contributed by atoms with Crippen LogP contribution in [-0.2, 0) is 32.5 Å². The summed E-state index contributed by atoms with van der Waals surface area (Å²) in [5, 5.41) is 2.90. The third kappa shape index (κ3) is 5.42. The number of ether oxygens (including phenoxy) is 2. The van der Waals surface area contributed by atoms with E-state index < -0.39 is 33.8 Å². The van der Waals surface area contributed by atoms with Crippen molar-refractivity contribution in [1.29, 1.82) is 0 Å². The molecule has 1 aliphatic heterocycles. The number of hydrogen-bond acceptors (Lipinski definition) is 8. The van der Waals surface area contributed by atoms with Crippen LogP contribution in [0.2, 0.25) is 0 Å². The van der Waals surface area contributed by atoms with Crippen LogP contribution >= 0.6 is 11.3 Å². The maximum atomic E-state index is 13.3. The number of rotatable bonds is 6. The van der Waals surface area contributed by atoms with Crippen molar-refractivity contribution in [2.24, 2.45) is 0 Å². The second-order valence-electron chi connectivity index (χ2n) is 7.90. The maximum absolute atomic E-state index is 13.3. The SMILES string of the molecule is COC(=O)c1c(NC(=O)c2ccccc2NS(=O)(=O)c2ccc(F)cc2)sc2c1CCN(C(=O)OC)C2. The lowest BCUT2D eigenvalue weighted by molar-refractivity contribution is 0.0600. The Bertz CT molecular complexity index is 1470. The summed E-state index contributed by atoms with van der Waals surface area (Å²) in [4.78, 5) is 39.8. The normalized spacial score (nSPS) is 12.9. The molecule has 13 heteroatoms. The molecule has 0 radical (unpaired) electrons. The van der Waals surface area contributed by atoms with E-state index in [-0.39, 0.29) is 33.3 Å². The number of fused-ring (bicyclic) bond motifs is 1. The van der Waals surface area contributed by atoms with Gasteiger partial charge in [0.2, 0.25) is 0 Å². The average Bonchev–Trinajstić information content (AvgIpc) is 3.24. The molecule has 194 valence electrons. The molecule has 2 heterocycles. The molecule has 0 aliphatic carbocycles. The number of carbonyl (C=O) groups excluding carboxylic acids is 3. The number of para-hydroxylation sites is 1. The number of nitrogens with zero attached hydrogens (tertiary/aromatic N) is 1. The monoisotopic (exact) mass is 547 g/mol. The van der Waals surface area contributed by atoms with Crippen LogP contribution in [-0.4, -0.2) is 52.1 Å². The predicted molar refractivity (Wildman–Crippen MR) is 134 cm³/mol. The third-order valence-corrected chi connectivity index (χ3v) is 8.16. The molecular weight excluding hydrogens is 525 g/mol. The Labute approximate surface area is 216 Å². The van der Waals surface area contributed by atoms with Gasteiger partial charge < -0.3 is 19.7 Å². The molecule has 0 unspecified atom stereocenters. The van der Waals surface area contributed by atoms with Crippen LogP contribution < -0.4 is 10.0 Å². The predicted octanol–water partition coefficient (Wildman–Crippen LogP) is 3.85. The van der Waals surface area contributed by atoms with Gasteiger partial charge in [0.05, 0.1) is 42.5 Å². The van der Waals surface area contributed by atoms with Crippen molar-refractivity contribution in [3.8, 4) is 0 Å². The average molecular weight is 548 g/mol. The molecule has 10 nitrogen and oxygen atoms in total. The van der Waals surface area contributed by atoms with Gasteiger partial charge in [-0.15, -0.1) is 11.3 Å². The van der Waals surface area contributed by atoms with Gasteiger partial charge in [0.15, 0.2) is 0 Å². The van der Waals surface area contributed by atoms with Crippen molar-refractivity contribution in [2.45, 2.75) is 17.9 Å². The van der Waals surface area contributed by atoms with Gasteiger partial charge in [-0.1, -0.05) is 12.1 Å². The minimum atomic E-state index is -4.12. The van der Waals surface area contributed by atoms with E-state index in [4.69, 9.17) is 9.47 Å². The number of thiophene rings is 1. The van der Waals surface area contributed by atoms with Gasteiger partial charge in [-0.05, 0) is 48.4 Å². The lowest BCUT2D eigenvalue weighted by atomic mass is 10.0. The van der Waals surface area contributed by atoms with Crippen LogP contribution in [0, 0.1) is 5.82 Å². The second kappa shape index (κ2) is 10.6. The Hall–Kier alpha value is -3.97. The highest BCUT2D eigenvalue weighted by atomic mass is 32.2. The van der Waals surface area contributed by atoms with Crippen LogP contribution in [0.5, 0.6) is 0 Å². The summed E-state index contributed by atoms with van der Waals surface area (Å²) in [6, 6.07) is 10.2. The molecule has 4 rings (SSSR count). The van der Waals surface area contributed by atoms with Gasteiger partial charge in [-0.2, -0.15) is 0 Å². The van der Waals surface area contributed by atoms with Gasteiger partial charge in [0, 0.05) is 11.4 Å². The fourth-order valence-corrected chi connectivity index (χ4v) is 6.18. The summed E-state index contributed by atoms with van der Waals surface area (Å²) in [5.74, 6) is -1.91. The zero-order valence-electron chi connectivity index (χ0n) is 19.7. The third-order valence-electron chi connectivity index (χ3n) is 5.65. The molecule has 2 N–H and O–H groups in total. The summed E-state index contributed by atoms with van der Waals surface area (Å²) in [6.45, 7) is 0.516. The number of esters is 1. The summed E-state index contributed by atoms with van der Waals surface area (Å²) in [6.07, 6.45) is -0.151. The highest BCUT2D eigenvalue weighted by Crippen LogP contribution is 2.38. The number of nitrogens with one attached hydrogen (secondary N) is 2. The Morgan fingerprint density at radius 1 is 1.03 bits per heavy atom. The van der Waals surface area contributed by atoms with E-state index in [1.54, 1.807) is 12.1 Å². The minimum absolute atomic E-state index is 0.00781. The Morgan fingerprint density at radius 3 is 2.41 bits per heavy atom. The second-order valence-corrected chi connectivity index (χ2v) is 10.7. The number of carbonyl (C=O) groups is 3. The van der Waals surface area contributed by atoms with Gasteiger partial charge in [-0.25, -0.2) is 22.4 Å². The molecule has 2 aromatic carbocycles. The standard InChI is InChI=1S/C24H22FN3O7S2/c1-34-23(30)20-17-11-12-28(24(31)35-2)13-19(17)36-22(20)26-21(29)16-5-3-4-6-18(16)27-37(32,33)15-9-7-14(25)8-10-15/h3-10,27H,11-13H2,1-2H3,(H,26,29). The number of hydrogen-bond donors (Lipinski definition) is 2. The van der Waals surface area contributed by atoms with Gasteiger partial charge in [0.1, 0.15) is 10.8 Å². The lowest BCUT2D eigenvalue weighted by Crippen LogP contribution is -2.35. The van der Waals surface area contributed by atoms with Crippen molar-refractivity contribution in [2.75, 3.05) is 30.8 Å². The Kier molecular flexibility index (Phi) is 7.45. The fraction of sp³-hybridized carbons (Fsp3) is 0.208. The van der Waals surface area contributed by atoms with Crippen molar-refractivity contribution >= 4 is 50.0 Å². The first kappa shape index (κ1) is 26.1. The van der Waals surface area contributed by atoms with Crippen LogP contribution in [0.4, 0.5) is 19.9 Å². The highest BCUT2D eigenvalue weighted by Gasteiger charge is 2.31. The summed E-state index contributed by atoms with van der Waals surface area (Å²) in [5.41, 5.74) is 0.830. The Morgan fingerprint density at radius 2 is 1.73 bits per heavy atom. The molecule has 1 aliphatic rings. The van der Waals surface area contributed by atoms with E-state index in [1.807, 2.05) is 0 Å². The molecule has 0 saturated carbocycles. The van der Waals surface area contributed by atoms with Crippen LogP contribution in [0.3, 0.4) is 0 Å². The molecule has 0 atom stereocenters. The lowest BCUT2D eigenvalue weighted by Gasteiger charge is -2.25. The summed E-state index contributed by atoms with van der Waals surface area (Å²) in [7, 11) is -1.62.